The lowest BCUT2D eigenvalue weighted by Crippen LogP contribution is -2.07. The molecule has 1 aliphatic rings. The van der Waals surface area contributed by atoms with Crippen molar-refractivity contribution in [1.29, 1.82) is 0 Å². The van der Waals surface area contributed by atoms with Crippen molar-refractivity contribution in [1.82, 2.24) is 0 Å². The molecule has 0 fully saturated rings. The molecule has 0 saturated heterocycles. The third kappa shape index (κ3) is 2.49. The Balaban J connectivity index is 2.17. The average molecular weight is 242 g/mol. The van der Waals surface area contributed by atoms with E-state index in [-0.39, 0.29) is 0 Å². The molecular weight excluding hydrogens is 233 g/mol. The van der Waals surface area contributed by atoms with Gasteiger partial charge in [-0.15, -0.1) is 0 Å². The number of hydrogen-bond acceptors (Lipinski definition) is 2. The van der Waals surface area contributed by atoms with Crippen molar-refractivity contribution < 1.29 is 22.7 Å². The number of halogens is 3. The summed E-state index contributed by atoms with van der Waals surface area (Å²) in [6, 6.07) is 4.66. The molecule has 1 heterocycles. The first kappa shape index (κ1) is 11.7. The molecule has 0 saturated carbocycles. The van der Waals surface area contributed by atoms with Crippen LogP contribution in [-0.4, -0.2) is 12.4 Å². The summed E-state index contributed by atoms with van der Waals surface area (Å²) in [5, 5.41) is 0. The third-order valence-electron chi connectivity index (χ3n) is 2.46. The number of carbonyl (C=O) groups is 1. The van der Waals surface area contributed by atoms with Gasteiger partial charge in [0.05, 0.1) is 5.56 Å². The predicted octanol–water partition coefficient (Wildman–Crippen LogP) is 3.03. The zero-order valence-corrected chi connectivity index (χ0v) is 8.70. The molecule has 0 amide bonds. The molecule has 1 unspecified atom stereocenters. The smallest absolute Gasteiger partial charge is 0.416 e. The van der Waals surface area contributed by atoms with E-state index < -0.39 is 17.8 Å². The Kier molecular flexibility index (Phi) is 2.92. The van der Waals surface area contributed by atoms with Crippen molar-refractivity contribution in [2.24, 2.45) is 0 Å². The second kappa shape index (κ2) is 4.24. The molecule has 2 nitrogen and oxygen atoms in total. The largest absolute Gasteiger partial charge is 0.482 e. The van der Waals surface area contributed by atoms with Crippen molar-refractivity contribution in [2.45, 2.75) is 18.7 Å². The summed E-state index contributed by atoms with van der Waals surface area (Å²) in [5.41, 5.74) is -0.158. The number of rotatable bonds is 2. The highest BCUT2D eigenvalue weighted by molar-refractivity contribution is 5.68. The van der Waals surface area contributed by atoms with Gasteiger partial charge in [0.1, 0.15) is 5.76 Å². The van der Waals surface area contributed by atoms with Crippen LogP contribution in [0.15, 0.2) is 30.3 Å². The summed E-state index contributed by atoms with van der Waals surface area (Å²) in [6.07, 6.45) is -2.03. The van der Waals surface area contributed by atoms with Crippen molar-refractivity contribution in [3.05, 3.63) is 41.5 Å². The van der Waals surface area contributed by atoms with Crippen LogP contribution in [0.5, 0.6) is 0 Å². The first-order valence-electron chi connectivity index (χ1n) is 5.00. The lowest BCUT2D eigenvalue weighted by atomic mass is 10.1. The van der Waals surface area contributed by atoms with E-state index >= 15 is 0 Å². The van der Waals surface area contributed by atoms with Crippen LogP contribution in [0.4, 0.5) is 13.2 Å². The van der Waals surface area contributed by atoms with Gasteiger partial charge in [-0.2, -0.15) is 13.2 Å². The van der Waals surface area contributed by atoms with Crippen LogP contribution < -0.4 is 0 Å². The number of carbonyl (C=O) groups excluding carboxylic acids is 1. The molecule has 2 rings (SSSR count). The van der Waals surface area contributed by atoms with Gasteiger partial charge in [-0.3, -0.25) is 4.79 Å². The van der Waals surface area contributed by atoms with Crippen molar-refractivity contribution in [2.75, 3.05) is 0 Å². The molecule has 5 heteroatoms. The molecule has 0 spiro atoms. The highest BCUT2D eigenvalue weighted by Gasteiger charge is 2.30. The summed E-state index contributed by atoms with van der Waals surface area (Å²) >= 11 is 0. The normalized spacial score (nSPS) is 19.7. The maximum absolute atomic E-state index is 12.3. The second-order valence-electron chi connectivity index (χ2n) is 3.67. The quantitative estimate of drug-likeness (QED) is 0.745. The van der Waals surface area contributed by atoms with E-state index in [1.54, 1.807) is 6.08 Å². The van der Waals surface area contributed by atoms with Gasteiger partial charge in [0, 0.05) is 12.0 Å². The highest BCUT2D eigenvalue weighted by atomic mass is 19.4. The van der Waals surface area contributed by atoms with Gasteiger partial charge in [0.15, 0.2) is 12.4 Å². The van der Waals surface area contributed by atoms with E-state index in [4.69, 9.17) is 4.74 Å². The van der Waals surface area contributed by atoms with Crippen LogP contribution in [-0.2, 0) is 15.7 Å². The van der Waals surface area contributed by atoms with Crippen LogP contribution in [0.3, 0.4) is 0 Å². The minimum atomic E-state index is -4.34. The zero-order chi connectivity index (χ0) is 12.5. The maximum Gasteiger partial charge on any atom is 0.416 e. The second-order valence-corrected chi connectivity index (χ2v) is 3.67. The Bertz CT molecular complexity index is 446. The van der Waals surface area contributed by atoms with Gasteiger partial charge in [-0.05, 0) is 18.2 Å². The fraction of sp³-hybridized carbons (Fsp3) is 0.250. The lowest BCUT2D eigenvalue weighted by molar-refractivity contribution is -0.137. The summed E-state index contributed by atoms with van der Waals surface area (Å²) in [5.74, 6) is 0.454. The number of ether oxygens (including phenoxy) is 1. The van der Waals surface area contributed by atoms with E-state index in [2.05, 4.69) is 0 Å². The Morgan fingerprint density at radius 1 is 1.24 bits per heavy atom. The first-order chi connectivity index (χ1) is 8.00. The standard InChI is InChI=1S/C12H9F3O2/c13-12(14,15)9-3-1-8(2-4-9)11-6-5-10(7-16)17-11/h1-4,6-7,10H,5H2. The third-order valence-corrected chi connectivity index (χ3v) is 2.46. The summed E-state index contributed by atoms with van der Waals surface area (Å²) in [4.78, 5) is 10.5. The van der Waals surface area contributed by atoms with Crippen LogP contribution >= 0.6 is 0 Å². The molecule has 1 aromatic carbocycles. The van der Waals surface area contributed by atoms with E-state index in [1.807, 2.05) is 0 Å². The van der Waals surface area contributed by atoms with Crippen LogP contribution in [0.2, 0.25) is 0 Å². The maximum atomic E-state index is 12.3. The summed E-state index contributed by atoms with van der Waals surface area (Å²) in [6.45, 7) is 0. The minimum absolute atomic E-state index is 0.454. The molecule has 1 atom stereocenters. The van der Waals surface area contributed by atoms with E-state index in [1.165, 1.54) is 12.1 Å². The molecule has 17 heavy (non-hydrogen) atoms. The molecule has 0 bridgehead atoms. The Labute approximate surface area is 95.7 Å². The van der Waals surface area contributed by atoms with Crippen molar-refractivity contribution >= 4 is 12.0 Å². The van der Waals surface area contributed by atoms with Crippen LogP contribution in [0.1, 0.15) is 17.5 Å². The summed E-state index contributed by atoms with van der Waals surface area (Å²) in [7, 11) is 0. The number of aldehydes is 1. The predicted molar refractivity (Wildman–Crippen MR) is 55.0 cm³/mol. The van der Waals surface area contributed by atoms with Crippen molar-refractivity contribution in [3.8, 4) is 0 Å². The lowest BCUT2D eigenvalue weighted by Gasteiger charge is -2.09. The van der Waals surface area contributed by atoms with Gasteiger partial charge >= 0.3 is 6.18 Å². The van der Waals surface area contributed by atoms with E-state index in [0.29, 0.717) is 24.0 Å². The first-order valence-corrected chi connectivity index (χ1v) is 5.00. The number of hydrogen-bond donors (Lipinski definition) is 0. The van der Waals surface area contributed by atoms with Gasteiger partial charge in [-0.1, -0.05) is 12.1 Å². The van der Waals surface area contributed by atoms with E-state index in [0.717, 1.165) is 12.1 Å². The van der Waals surface area contributed by atoms with E-state index in [9.17, 15) is 18.0 Å². The summed E-state index contributed by atoms with van der Waals surface area (Å²) < 4.78 is 42.2. The van der Waals surface area contributed by atoms with Gasteiger partial charge in [0.2, 0.25) is 0 Å². The Morgan fingerprint density at radius 3 is 2.35 bits per heavy atom. The van der Waals surface area contributed by atoms with Gasteiger partial charge in [0.25, 0.3) is 0 Å². The average Bonchev–Trinajstić information content (AvgIpc) is 2.76. The monoisotopic (exact) mass is 242 g/mol. The molecule has 0 radical (unpaired) electrons. The molecule has 1 aromatic rings. The van der Waals surface area contributed by atoms with Gasteiger partial charge in [-0.25, -0.2) is 0 Å². The number of alkyl halides is 3. The molecule has 1 aliphatic heterocycles. The Hall–Kier alpha value is -1.78. The molecule has 90 valence electrons. The molecular formula is C12H9F3O2. The van der Waals surface area contributed by atoms with Crippen molar-refractivity contribution in [3.63, 3.8) is 0 Å². The van der Waals surface area contributed by atoms with Crippen LogP contribution in [0.25, 0.3) is 5.76 Å². The zero-order valence-electron chi connectivity index (χ0n) is 8.70. The highest BCUT2D eigenvalue weighted by Crippen LogP contribution is 2.31. The Morgan fingerprint density at radius 2 is 1.88 bits per heavy atom. The SMILES string of the molecule is O=CC1CC=C(c2ccc(C(F)(F)F)cc2)O1. The van der Waals surface area contributed by atoms with Gasteiger partial charge < -0.3 is 4.74 Å². The molecule has 0 aliphatic carbocycles. The topological polar surface area (TPSA) is 26.3 Å². The molecule has 0 aromatic heterocycles. The van der Waals surface area contributed by atoms with Crippen LogP contribution in [0, 0.1) is 0 Å². The fourth-order valence-electron chi connectivity index (χ4n) is 1.58. The number of benzene rings is 1. The minimum Gasteiger partial charge on any atom is -0.482 e. The molecule has 0 N–H and O–H groups in total. The fourth-order valence-corrected chi connectivity index (χ4v) is 1.58.